The fourth-order valence-electron chi connectivity index (χ4n) is 2.05. The Labute approximate surface area is 136 Å². The summed E-state index contributed by atoms with van der Waals surface area (Å²) in [6.07, 6.45) is 2.76. The second-order valence-electron chi connectivity index (χ2n) is 4.66. The van der Waals surface area contributed by atoms with E-state index < -0.39 is 5.91 Å². The smallest absolute Gasteiger partial charge is 0.250 e. The Bertz CT molecular complexity index is 966. The van der Waals surface area contributed by atoms with Gasteiger partial charge in [0.1, 0.15) is 11.8 Å². The van der Waals surface area contributed by atoms with Crippen molar-refractivity contribution < 1.29 is 9.53 Å². The zero-order valence-corrected chi connectivity index (χ0v) is 12.4. The molecule has 0 atom stereocenters. The van der Waals surface area contributed by atoms with Crippen LogP contribution in [-0.2, 0) is 0 Å². The predicted octanol–water partition coefficient (Wildman–Crippen LogP) is 3.05. The van der Waals surface area contributed by atoms with Gasteiger partial charge < -0.3 is 10.5 Å². The van der Waals surface area contributed by atoms with Crippen molar-refractivity contribution in [3.05, 3.63) is 58.9 Å². The molecule has 3 aromatic rings. The van der Waals surface area contributed by atoms with Crippen molar-refractivity contribution in [3.8, 4) is 17.7 Å². The van der Waals surface area contributed by atoms with Gasteiger partial charge >= 0.3 is 0 Å². The van der Waals surface area contributed by atoms with Gasteiger partial charge in [-0.15, -0.1) is 0 Å². The summed E-state index contributed by atoms with van der Waals surface area (Å²) in [5.74, 6) is -0.104. The van der Waals surface area contributed by atoms with Crippen LogP contribution in [0.4, 0.5) is 0 Å². The number of hydrogen-bond donors (Lipinski definition) is 1. The highest BCUT2D eigenvalue weighted by Crippen LogP contribution is 2.27. The Hall–Kier alpha value is -3.17. The molecule has 0 aliphatic heterocycles. The van der Waals surface area contributed by atoms with Crippen LogP contribution in [0, 0.1) is 11.3 Å². The van der Waals surface area contributed by atoms with E-state index in [4.69, 9.17) is 22.1 Å². The van der Waals surface area contributed by atoms with Gasteiger partial charge in [0.2, 0.25) is 11.8 Å². The molecule has 7 heteroatoms. The molecule has 0 aliphatic rings. The maximum Gasteiger partial charge on any atom is 0.250 e. The number of benzene rings is 1. The first-order valence-electron chi connectivity index (χ1n) is 6.50. The molecule has 6 nitrogen and oxygen atoms in total. The SMILES string of the molecule is N#Cc1cc(Oc2cncc(C(N)=O)c2)nc2ccc(Cl)cc12. The van der Waals surface area contributed by atoms with Crippen LogP contribution in [-0.4, -0.2) is 15.9 Å². The number of nitriles is 1. The number of pyridine rings is 2. The van der Waals surface area contributed by atoms with Crippen molar-refractivity contribution in [3.63, 3.8) is 0 Å². The number of halogens is 1. The highest BCUT2D eigenvalue weighted by molar-refractivity contribution is 6.31. The number of primary amides is 1. The van der Waals surface area contributed by atoms with Crippen LogP contribution < -0.4 is 10.5 Å². The van der Waals surface area contributed by atoms with E-state index in [1.165, 1.54) is 24.5 Å². The van der Waals surface area contributed by atoms with Crippen LogP contribution in [0.1, 0.15) is 15.9 Å². The van der Waals surface area contributed by atoms with Gasteiger partial charge in [-0.25, -0.2) is 4.98 Å². The molecule has 1 aromatic carbocycles. The van der Waals surface area contributed by atoms with Crippen LogP contribution in [0.5, 0.6) is 11.6 Å². The molecule has 23 heavy (non-hydrogen) atoms. The minimum Gasteiger partial charge on any atom is -0.437 e. The van der Waals surface area contributed by atoms with Crippen LogP contribution >= 0.6 is 11.6 Å². The summed E-state index contributed by atoms with van der Waals surface area (Å²) in [5.41, 5.74) is 6.38. The minimum absolute atomic E-state index is 0.208. The van der Waals surface area contributed by atoms with Crippen molar-refractivity contribution >= 4 is 28.4 Å². The summed E-state index contributed by atoms with van der Waals surface area (Å²) in [5, 5.41) is 10.4. The lowest BCUT2D eigenvalue weighted by molar-refractivity contribution is 0.0999. The maximum atomic E-state index is 11.2. The minimum atomic E-state index is -0.609. The van der Waals surface area contributed by atoms with E-state index in [0.717, 1.165) is 0 Å². The molecule has 1 amide bonds. The summed E-state index contributed by atoms with van der Waals surface area (Å²) < 4.78 is 5.58. The summed E-state index contributed by atoms with van der Waals surface area (Å²) in [7, 11) is 0. The predicted molar refractivity (Wildman–Crippen MR) is 84.3 cm³/mol. The van der Waals surface area contributed by atoms with Gasteiger partial charge in [-0.3, -0.25) is 9.78 Å². The van der Waals surface area contributed by atoms with E-state index in [-0.39, 0.29) is 11.4 Å². The number of amides is 1. The molecule has 0 saturated carbocycles. The van der Waals surface area contributed by atoms with Crippen LogP contribution in [0.3, 0.4) is 0 Å². The molecular weight excluding hydrogens is 316 g/mol. The topological polar surface area (TPSA) is 102 Å². The Balaban J connectivity index is 2.04. The van der Waals surface area contributed by atoms with Crippen molar-refractivity contribution in [2.45, 2.75) is 0 Å². The third-order valence-electron chi connectivity index (χ3n) is 3.09. The van der Waals surface area contributed by atoms with Crippen molar-refractivity contribution in [2.24, 2.45) is 5.73 Å². The summed E-state index contributed by atoms with van der Waals surface area (Å²) in [6.45, 7) is 0. The largest absolute Gasteiger partial charge is 0.437 e. The number of nitrogens with zero attached hydrogens (tertiary/aromatic N) is 3. The molecule has 2 heterocycles. The first-order valence-corrected chi connectivity index (χ1v) is 6.88. The van der Waals surface area contributed by atoms with Gasteiger partial charge in [0.25, 0.3) is 0 Å². The lowest BCUT2D eigenvalue weighted by Crippen LogP contribution is -2.11. The molecule has 0 bridgehead atoms. The van der Waals surface area contributed by atoms with Crippen molar-refractivity contribution in [2.75, 3.05) is 0 Å². The standard InChI is InChI=1S/C16H9ClN4O2/c17-11-1-2-14-13(5-11)9(6-18)4-15(21-14)23-12-3-10(16(19)22)7-20-8-12/h1-5,7-8H,(H2,19,22). The van der Waals surface area contributed by atoms with Gasteiger partial charge in [-0.1, -0.05) is 11.6 Å². The normalized spacial score (nSPS) is 10.3. The summed E-state index contributed by atoms with van der Waals surface area (Å²) >= 11 is 5.94. The van der Waals surface area contributed by atoms with Crippen molar-refractivity contribution in [1.82, 2.24) is 9.97 Å². The van der Waals surface area contributed by atoms with Crippen LogP contribution in [0.25, 0.3) is 10.9 Å². The van der Waals surface area contributed by atoms with E-state index in [1.54, 1.807) is 18.2 Å². The van der Waals surface area contributed by atoms with Gasteiger partial charge in [0.15, 0.2) is 0 Å². The first-order chi connectivity index (χ1) is 11.1. The molecule has 0 aliphatic carbocycles. The lowest BCUT2D eigenvalue weighted by atomic mass is 10.1. The van der Waals surface area contributed by atoms with E-state index >= 15 is 0 Å². The molecule has 2 aromatic heterocycles. The number of aromatic nitrogens is 2. The second kappa shape index (κ2) is 5.91. The Morgan fingerprint density at radius 1 is 1.26 bits per heavy atom. The molecule has 3 rings (SSSR count). The molecule has 0 fully saturated rings. The van der Waals surface area contributed by atoms with Gasteiger partial charge in [0.05, 0.1) is 22.8 Å². The summed E-state index contributed by atoms with van der Waals surface area (Å²) in [6, 6.07) is 10.1. The zero-order valence-electron chi connectivity index (χ0n) is 11.7. The summed E-state index contributed by atoms with van der Waals surface area (Å²) in [4.78, 5) is 19.4. The quantitative estimate of drug-likeness (QED) is 0.797. The Morgan fingerprint density at radius 3 is 2.83 bits per heavy atom. The third kappa shape index (κ3) is 3.05. The monoisotopic (exact) mass is 324 g/mol. The van der Waals surface area contributed by atoms with E-state index in [9.17, 15) is 10.1 Å². The molecule has 0 saturated heterocycles. The van der Waals surface area contributed by atoms with Gasteiger partial charge in [-0.2, -0.15) is 5.26 Å². The average Bonchev–Trinajstić information content (AvgIpc) is 2.54. The Morgan fingerprint density at radius 2 is 2.09 bits per heavy atom. The number of ether oxygens (including phenoxy) is 1. The zero-order chi connectivity index (χ0) is 16.4. The van der Waals surface area contributed by atoms with Gasteiger partial charge in [-0.05, 0) is 24.3 Å². The number of hydrogen-bond acceptors (Lipinski definition) is 5. The van der Waals surface area contributed by atoms with Gasteiger partial charge in [0, 0.05) is 22.7 Å². The lowest BCUT2D eigenvalue weighted by Gasteiger charge is -2.08. The number of fused-ring (bicyclic) bond motifs is 1. The number of carbonyl (C=O) groups is 1. The highest BCUT2D eigenvalue weighted by atomic mass is 35.5. The number of nitrogens with two attached hydrogens (primary N) is 1. The third-order valence-corrected chi connectivity index (χ3v) is 3.32. The average molecular weight is 325 g/mol. The molecule has 0 radical (unpaired) electrons. The van der Waals surface area contributed by atoms with Crippen LogP contribution in [0.15, 0.2) is 42.7 Å². The molecule has 112 valence electrons. The van der Waals surface area contributed by atoms with Crippen molar-refractivity contribution in [1.29, 1.82) is 5.26 Å². The maximum absolute atomic E-state index is 11.2. The fourth-order valence-corrected chi connectivity index (χ4v) is 2.22. The van der Waals surface area contributed by atoms with E-state index in [2.05, 4.69) is 16.0 Å². The molecule has 0 unspecified atom stereocenters. The van der Waals surface area contributed by atoms with E-state index in [1.807, 2.05) is 0 Å². The second-order valence-corrected chi connectivity index (χ2v) is 5.09. The van der Waals surface area contributed by atoms with E-state index in [0.29, 0.717) is 27.2 Å². The molecule has 0 spiro atoms. The number of carbonyl (C=O) groups excluding carboxylic acids is 1. The number of rotatable bonds is 3. The molecular formula is C16H9ClN4O2. The Kier molecular flexibility index (Phi) is 3.79. The van der Waals surface area contributed by atoms with Crippen LogP contribution in [0.2, 0.25) is 5.02 Å². The fraction of sp³-hybridized carbons (Fsp3) is 0. The molecule has 2 N–H and O–H groups in total. The first kappa shape index (κ1) is 14.8. The highest BCUT2D eigenvalue weighted by Gasteiger charge is 2.09.